The van der Waals surface area contributed by atoms with Gasteiger partial charge in [0.1, 0.15) is 5.75 Å². The molecule has 0 aliphatic heterocycles. The smallest absolute Gasteiger partial charge is 0.122 e. The summed E-state index contributed by atoms with van der Waals surface area (Å²) >= 11 is 0. The van der Waals surface area contributed by atoms with E-state index in [-0.39, 0.29) is 5.54 Å². The van der Waals surface area contributed by atoms with E-state index in [1.54, 1.807) is 7.11 Å². The standard InChI is InChI=1S/C17H27NO/c1-12-5-6-16(19-4)15(8-12)11-17(18)9-13(2)7-14(3)10-17/h5-6,8,13-14H,7,9-11,18H2,1-4H3. The molecule has 19 heavy (non-hydrogen) atoms. The lowest BCUT2D eigenvalue weighted by molar-refractivity contribution is 0.181. The summed E-state index contributed by atoms with van der Waals surface area (Å²) in [6, 6.07) is 6.37. The molecule has 1 aliphatic rings. The van der Waals surface area contributed by atoms with Crippen LogP contribution in [0.3, 0.4) is 0 Å². The second-order valence-electron chi connectivity index (χ2n) is 6.71. The minimum absolute atomic E-state index is 0.0713. The Bertz CT molecular complexity index is 431. The molecule has 2 nitrogen and oxygen atoms in total. The second kappa shape index (κ2) is 5.54. The van der Waals surface area contributed by atoms with Crippen molar-refractivity contribution in [1.29, 1.82) is 0 Å². The van der Waals surface area contributed by atoms with E-state index in [1.165, 1.54) is 17.5 Å². The van der Waals surface area contributed by atoms with Gasteiger partial charge in [-0.3, -0.25) is 0 Å². The number of benzene rings is 1. The van der Waals surface area contributed by atoms with Crippen molar-refractivity contribution in [1.82, 2.24) is 0 Å². The first kappa shape index (κ1) is 14.4. The van der Waals surface area contributed by atoms with Crippen molar-refractivity contribution < 1.29 is 4.74 Å². The Balaban J connectivity index is 2.21. The van der Waals surface area contributed by atoms with Crippen LogP contribution in [-0.4, -0.2) is 12.6 Å². The molecule has 0 saturated heterocycles. The van der Waals surface area contributed by atoms with Gasteiger partial charge in [-0.2, -0.15) is 0 Å². The van der Waals surface area contributed by atoms with E-state index in [0.717, 1.165) is 36.8 Å². The lowest BCUT2D eigenvalue weighted by atomic mass is 9.69. The van der Waals surface area contributed by atoms with E-state index in [1.807, 2.05) is 0 Å². The maximum absolute atomic E-state index is 6.69. The lowest BCUT2D eigenvalue weighted by Gasteiger charge is -2.40. The maximum Gasteiger partial charge on any atom is 0.122 e. The first-order valence-electron chi connectivity index (χ1n) is 7.34. The molecule has 1 saturated carbocycles. The van der Waals surface area contributed by atoms with Crippen molar-refractivity contribution in [2.45, 2.75) is 52.0 Å². The number of aryl methyl sites for hydroxylation is 1. The van der Waals surface area contributed by atoms with Crippen molar-refractivity contribution in [3.05, 3.63) is 29.3 Å². The summed E-state index contributed by atoms with van der Waals surface area (Å²) in [5.74, 6) is 2.43. The quantitative estimate of drug-likeness (QED) is 0.900. The summed E-state index contributed by atoms with van der Waals surface area (Å²) in [5, 5.41) is 0. The molecule has 0 spiro atoms. The Labute approximate surface area is 117 Å². The first-order valence-corrected chi connectivity index (χ1v) is 7.34. The molecule has 0 radical (unpaired) electrons. The highest BCUT2D eigenvalue weighted by molar-refractivity contribution is 5.38. The van der Waals surface area contributed by atoms with Gasteiger partial charge in [0, 0.05) is 5.54 Å². The van der Waals surface area contributed by atoms with E-state index >= 15 is 0 Å². The average Bonchev–Trinajstić information content (AvgIpc) is 2.26. The number of hydrogen-bond acceptors (Lipinski definition) is 2. The highest BCUT2D eigenvalue weighted by Gasteiger charge is 2.35. The van der Waals surface area contributed by atoms with E-state index in [2.05, 4.69) is 39.0 Å². The molecule has 2 atom stereocenters. The van der Waals surface area contributed by atoms with Crippen LogP contribution in [0.25, 0.3) is 0 Å². The third-order valence-corrected chi connectivity index (χ3v) is 4.29. The molecule has 1 fully saturated rings. The Hall–Kier alpha value is -1.02. The summed E-state index contributed by atoms with van der Waals surface area (Å²) in [6.45, 7) is 6.77. The van der Waals surface area contributed by atoms with Gasteiger partial charge in [-0.05, 0) is 56.1 Å². The van der Waals surface area contributed by atoms with Crippen molar-refractivity contribution in [3.63, 3.8) is 0 Å². The SMILES string of the molecule is COc1ccc(C)cc1CC1(N)CC(C)CC(C)C1. The van der Waals surface area contributed by atoms with Gasteiger partial charge in [0.25, 0.3) is 0 Å². The Morgan fingerprint density at radius 3 is 2.47 bits per heavy atom. The van der Waals surface area contributed by atoms with E-state index in [0.29, 0.717) is 0 Å². The molecule has 2 heteroatoms. The third-order valence-electron chi connectivity index (χ3n) is 4.29. The topological polar surface area (TPSA) is 35.2 Å². The fourth-order valence-electron chi connectivity index (χ4n) is 3.89. The van der Waals surface area contributed by atoms with Gasteiger partial charge in [-0.1, -0.05) is 31.5 Å². The Morgan fingerprint density at radius 1 is 1.26 bits per heavy atom. The van der Waals surface area contributed by atoms with Crippen LogP contribution >= 0.6 is 0 Å². The zero-order chi connectivity index (χ0) is 14.0. The van der Waals surface area contributed by atoms with Crippen LogP contribution < -0.4 is 10.5 Å². The predicted molar refractivity (Wildman–Crippen MR) is 80.5 cm³/mol. The molecular formula is C17H27NO. The molecule has 1 aliphatic carbocycles. The zero-order valence-corrected chi connectivity index (χ0v) is 12.7. The number of nitrogens with two attached hydrogens (primary N) is 1. The molecule has 1 aromatic rings. The normalized spacial score (nSPS) is 31.2. The van der Waals surface area contributed by atoms with E-state index in [9.17, 15) is 0 Å². The summed E-state index contributed by atoms with van der Waals surface area (Å²) in [4.78, 5) is 0. The van der Waals surface area contributed by atoms with Gasteiger partial charge in [-0.15, -0.1) is 0 Å². The molecular weight excluding hydrogens is 234 g/mol. The van der Waals surface area contributed by atoms with Crippen LogP contribution in [0.2, 0.25) is 0 Å². The lowest BCUT2D eigenvalue weighted by Crippen LogP contribution is -2.48. The van der Waals surface area contributed by atoms with Gasteiger partial charge in [0.05, 0.1) is 7.11 Å². The number of ether oxygens (including phenoxy) is 1. The van der Waals surface area contributed by atoms with Gasteiger partial charge in [0.15, 0.2) is 0 Å². The number of methoxy groups -OCH3 is 1. The first-order chi connectivity index (χ1) is 8.92. The summed E-state index contributed by atoms with van der Waals surface area (Å²) in [7, 11) is 1.74. The van der Waals surface area contributed by atoms with Gasteiger partial charge in [-0.25, -0.2) is 0 Å². The van der Waals surface area contributed by atoms with Crippen LogP contribution in [-0.2, 0) is 6.42 Å². The largest absolute Gasteiger partial charge is 0.496 e. The third kappa shape index (κ3) is 3.50. The van der Waals surface area contributed by atoms with Crippen LogP contribution in [0.4, 0.5) is 0 Å². The Kier molecular flexibility index (Phi) is 4.19. The predicted octanol–water partition coefficient (Wildman–Crippen LogP) is 3.70. The molecule has 106 valence electrons. The van der Waals surface area contributed by atoms with Gasteiger partial charge >= 0.3 is 0 Å². The van der Waals surface area contributed by atoms with Crippen LogP contribution in [0.15, 0.2) is 18.2 Å². The average molecular weight is 261 g/mol. The minimum atomic E-state index is -0.0713. The van der Waals surface area contributed by atoms with E-state index < -0.39 is 0 Å². The van der Waals surface area contributed by atoms with Crippen molar-refractivity contribution in [3.8, 4) is 5.75 Å². The fourth-order valence-corrected chi connectivity index (χ4v) is 3.89. The summed E-state index contributed by atoms with van der Waals surface area (Å²) in [6.07, 6.45) is 4.47. The monoisotopic (exact) mass is 261 g/mol. The highest BCUT2D eigenvalue weighted by Crippen LogP contribution is 2.37. The molecule has 2 unspecified atom stereocenters. The van der Waals surface area contributed by atoms with Crippen LogP contribution in [0.1, 0.15) is 44.2 Å². The van der Waals surface area contributed by atoms with E-state index in [4.69, 9.17) is 10.5 Å². The Morgan fingerprint density at radius 2 is 1.89 bits per heavy atom. The summed E-state index contributed by atoms with van der Waals surface area (Å²) in [5.41, 5.74) is 9.15. The molecule has 0 heterocycles. The van der Waals surface area contributed by atoms with Crippen LogP contribution in [0, 0.1) is 18.8 Å². The summed E-state index contributed by atoms with van der Waals surface area (Å²) < 4.78 is 5.48. The molecule has 0 bridgehead atoms. The van der Waals surface area contributed by atoms with Crippen molar-refractivity contribution in [2.75, 3.05) is 7.11 Å². The molecule has 1 aromatic carbocycles. The molecule has 2 N–H and O–H groups in total. The maximum atomic E-state index is 6.69. The van der Waals surface area contributed by atoms with Crippen molar-refractivity contribution in [2.24, 2.45) is 17.6 Å². The molecule has 0 amide bonds. The highest BCUT2D eigenvalue weighted by atomic mass is 16.5. The van der Waals surface area contributed by atoms with Gasteiger partial charge < -0.3 is 10.5 Å². The minimum Gasteiger partial charge on any atom is -0.496 e. The van der Waals surface area contributed by atoms with Crippen molar-refractivity contribution >= 4 is 0 Å². The second-order valence-corrected chi connectivity index (χ2v) is 6.71. The number of rotatable bonds is 3. The van der Waals surface area contributed by atoms with Gasteiger partial charge in [0.2, 0.25) is 0 Å². The molecule has 2 rings (SSSR count). The zero-order valence-electron chi connectivity index (χ0n) is 12.7. The number of hydrogen-bond donors (Lipinski definition) is 1. The fraction of sp³-hybridized carbons (Fsp3) is 0.647. The van der Waals surface area contributed by atoms with Crippen LogP contribution in [0.5, 0.6) is 5.75 Å². The molecule has 0 aromatic heterocycles.